The number of carbonyl (C=O) groups excluding carboxylic acids is 4. The molecule has 0 spiro atoms. The number of hydrogen-bond acceptors (Lipinski definition) is 10. The van der Waals surface area contributed by atoms with Crippen LogP contribution in [0.3, 0.4) is 0 Å². The van der Waals surface area contributed by atoms with Gasteiger partial charge in [-0.25, -0.2) is 9.18 Å². The van der Waals surface area contributed by atoms with Gasteiger partial charge in [0.2, 0.25) is 17.0 Å². The molecule has 10 nitrogen and oxygen atoms in total. The molecule has 1 heterocycles. The van der Waals surface area contributed by atoms with Gasteiger partial charge in [-0.05, 0) is 61.5 Å². The van der Waals surface area contributed by atoms with Crippen molar-refractivity contribution in [3.63, 3.8) is 0 Å². The van der Waals surface area contributed by atoms with Gasteiger partial charge in [-0.15, -0.1) is 11.3 Å². The van der Waals surface area contributed by atoms with Crippen molar-refractivity contribution < 1.29 is 64.8 Å². The molecule has 0 saturated heterocycles. The summed E-state index contributed by atoms with van der Waals surface area (Å²) in [4.78, 5) is 52.5. The van der Waals surface area contributed by atoms with Crippen LogP contribution in [0.4, 0.5) is 32.4 Å². The molecule has 4 rings (SSSR count). The predicted octanol–water partition coefficient (Wildman–Crippen LogP) is 7.94. The Balaban J connectivity index is 1.61. The minimum atomic E-state index is -4.58. The second kappa shape index (κ2) is 16.5. The van der Waals surface area contributed by atoms with Gasteiger partial charge < -0.3 is 29.0 Å². The summed E-state index contributed by atoms with van der Waals surface area (Å²) in [6.07, 6.45) is -6.29. The van der Waals surface area contributed by atoms with Crippen LogP contribution in [0.2, 0.25) is 0 Å². The van der Waals surface area contributed by atoms with E-state index in [-0.39, 0.29) is 41.4 Å². The van der Waals surface area contributed by atoms with Gasteiger partial charge in [0.25, 0.3) is 5.91 Å². The summed E-state index contributed by atoms with van der Waals surface area (Å²) in [5.41, 5.74) is -3.27. The van der Waals surface area contributed by atoms with Crippen LogP contribution in [-0.4, -0.2) is 50.4 Å². The van der Waals surface area contributed by atoms with Crippen molar-refractivity contribution in [1.29, 1.82) is 0 Å². The summed E-state index contributed by atoms with van der Waals surface area (Å²) in [5, 5.41) is 3.88. The number of ether oxygens (including phenoxy) is 5. The average Bonchev–Trinajstić information content (AvgIpc) is 3.64. The molecule has 1 aromatic heterocycles. The Morgan fingerprint density at radius 2 is 1.43 bits per heavy atom. The highest BCUT2D eigenvalue weighted by Crippen LogP contribution is 2.39. The molecule has 3 aromatic carbocycles. The molecule has 0 atom stereocenters. The number of benzene rings is 3. The topological polar surface area (TPSA) is 126 Å². The van der Waals surface area contributed by atoms with E-state index in [0.717, 1.165) is 23.5 Å². The molecule has 0 aliphatic heterocycles. The lowest BCUT2D eigenvalue weighted by Gasteiger charge is -2.27. The fourth-order valence-corrected chi connectivity index (χ4v) is 5.69. The van der Waals surface area contributed by atoms with E-state index in [1.54, 1.807) is 11.4 Å². The molecule has 0 radical (unpaired) electrons. The molecule has 0 bridgehead atoms. The molecule has 1 N–H and O–H groups in total. The Labute approximate surface area is 292 Å². The van der Waals surface area contributed by atoms with Crippen LogP contribution in [0.5, 0.6) is 11.5 Å². The summed E-state index contributed by atoms with van der Waals surface area (Å²) in [7, 11) is 0. The van der Waals surface area contributed by atoms with Crippen molar-refractivity contribution in [3.8, 4) is 22.6 Å². The van der Waals surface area contributed by atoms with Gasteiger partial charge in [-0.2, -0.15) is 17.6 Å². The van der Waals surface area contributed by atoms with Gasteiger partial charge in [0.15, 0.2) is 11.6 Å². The number of alkyl halides is 3. The van der Waals surface area contributed by atoms with Crippen LogP contribution in [0.1, 0.15) is 41.6 Å². The molecular formula is C35H30F5NO9S. The number of carbonyl (C=O) groups is 4. The largest absolute Gasteiger partial charge is 0.514 e. The lowest BCUT2D eigenvalue weighted by atomic mass is 9.87. The standard InChI is InChI=1S/C35H30F5NO9S/c1-4-46-29-25(41-30(42)23-11-8-7-10-22(23)20-13-15-21(16-14-20)35(38,39)40)18-24(36)28(27(29)37)50-33(45)49-19-34(31(43)47-5-2,32(44)48-6-3)26-12-9-17-51-26/h7-18H,4-6,19H2,1-3H3,(H,41,42). The monoisotopic (exact) mass is 735 g/mol. The molecule has 0 saturated carbocycles. The van der Waals surface area contributed by atoms with Gasteiger partial charge in [0.05, 0.1) is 31.1 Å². The van der Waals surface area contributed by atoms with Gasteiger partial charge in [0, 0.05) is 16.5 Å². The smallest absolute Gasteiger partial charge is 0.489 e. The Kier molecular flexibility index (Phi) is 12.4. The van der Waals surface area contributed by atoms with Crippen molar-refractivity contribution in [1.82, 2.24) is 0 Å². The molecule has 0 unspecified atom stereocenters. The highest BCUT2D eigenvalue weighted by Gasteiger charge is 2.53. The van der Waals surface area contributed by atoms with Crippen molar-refractivity contribution in [2.45, 2.75) is 32.4 Å². The Bertz CT molecular complexity index is 1860. The van der Waals surface area contributed by atoms with E-state index < -0.39 is 76.6 Å². The van der Waals surface area contributed by atoms with Crippen molar-refractivity contribution in [2.75, 3.05) is 31.7 Å². The van der Waals surface area contributed by atoms with Crippen molar-refractivity contribution >= 4 is 41.0 Å². The average molecular weight is 736 g/mol. The lowest BCUT2D eigenvalue weighted by molar-refractivity contribution is -0.167. The maximum atomic E-state index is 15.7. The fourth-order valence-electron chi connectivity index (χ4n) is 4.80. The minimum Gasteiger partial charge on any atom is -0.489 e. The Hall–Kier alpha value is -5.51. The summed E-state index contributed by atoms with van der Waals surface area (Å²) in [6.45, 7) is 2.94. The first-order valence-corrected chi connectivity index (χ1v) is 16.1. The number of nitrogens with one attached hydrogen (secondary N) is 1. The number of rotatable bonds is 13. The summed E-state index contributed by atoms with van der Waals surface area (Å²) in [6, 6.07) is 13.5. The first kappa shape index (κ1) is 38.3. The van der Waals surface area contributed by atoms with Gasteiger partial charge in [-0.3, -0.25) is 14.4 Å². The van der Waals surface area contributed by atoms with E-state index >= 15 is 8.78 Å². The van der Waals surface area contributed by atoms with Crippen LogP contribution < -0.4 is 14.8 Å². The lowest BCUT2D eigenvalue weighted by Crippen LogP contribution is -2.50. The number of hydrogen-bond donors (Lipinski definition) is 1. The van der Waals surface area contributed by atoms with Gasteiger partial charge in [0.1, 0.15) is 6.61 Å². The molecular weight excluding hydrogens is 705 g/mol. The fraction of sp³-hybridized carbons (Fsp3) is 0.257. The third-order valence-corrected chi connectivity index (χ3v) is 8.18. The number of thiophene rings is 1. The van der Waals surface area contributed by atoms with Crippen LogP contribution in [-0.2, 0) is 35.4 Å². The summed E-state index contributed by atoms with van der Waals surface area (Å²) < 4.78 is 95.7. The maximum Gasteiger partial charge on any atom is 0.514 e. The molecule has 0 fully saturated rings. The van der Waals surface area contributed by atoms with E-state index in [2.05, 4.69) is 5.32 Å². The third kappa shape index (κ3) is 8.45. The highest BCUT2D eigenvalue weighted by molar-refractivity contribution is 7.10. The zero-order valence-electron chi connectivity index (χ0n) is 27.2. The van der Waals surface area contributed by atoms with E-state index in [4.69, 9.17) is 23.7 Å². The predicted molar refractivity (Wildman–Crippen MR) is 174 cm³/mol. The molecule has 51 heavy (non-hydrogen) atoms. The normalized spacial score (nSPS) is 11.4. The molecule has 4 aromatic rings. The third-order valence-electron chi connectivity index (χ3n) is 7.14. The number of anilines is 1. The molecule has 0 aliphatic carbocycles. The molecule has 270 valence electrons. The second-order valence-corrected chi connectivity index (χ2v) is 11.3. The van der Waals surface area contributed by atoms with Crippen molar-refractivity contribution in [3.05, 3.63) is 99.7 Å². The van der Waals surface area contributed by atoms with Crippen LogP contribution in [0.15, 0.2) is 72.1 Å². The van der Waals surface area contributed by atoms with Crippen LogP contribution >= 0.6 is 11.3 Å². The zero-order chi connectivity index (χ0) is 37.3. The van der Waals surface area contributed by atoms with Crippen LogP contribution in [0, 0.1) is 11.6 Å². The zero-order valence-corrected chi connectivity index (χ0v) is 28.0. The maximum absolute atomic E-state index is 15.7. The minimum absolute atomic E-state index is 0.0538. The molecule has 16 heteroatoms. The van der Waals surface area contributed by atoms with E-state index in [1.807, 2.05) is 0 Å². The SMILES string of the molecule is CCOC(=O)C(COC(=O)Oc1c(F)cc(NC(=O)c2ccccc2-c2ccc(C(F)(F)F)cc2)c(OCC)c1F)(C(=O)OCC)c1cccs1. The van der Waals surface area contributed by atoms with Gasteiger partial charge >= 0.3 is 24.3 Å². The van der Waals surface area contributed by atoms with E-state index in [1.165, 1.54) is 63.2 Å². The first-order chi connectivity index (χ1) is 24.3. The Morgan fingerprint density at radius 3 is 2.00 bits per heavy atom. The first-order valence-electron chi connectivity index (χ1n) is 15.2. The van der Waals surface area contributed by atoms with E-state index in [9.17, 15) is 32.3 Å². The van der Waals surface area contributed by atoms with Crippen molar-refractivity contribution in [2.24, 2.45) is 0 Å². The quantitative estimate of drug-likeness (QED) is 0.0479. The number of amides is 1. The number of esters is 2. The second-order valence-electron chi connectivity index (χ2n) is 10.4. The number of halogens is 5. The molecule has 0 aliphatic rings. The van der Waals surface area contributed by atoms with Crippen LogP contribution in [0.25, 0.3) is 11.1 Å². The molecule has 1 amide bonds. The highest BCUT2D eigenvalue weighted by atomic mass is 32.1. The Morgan fingerprint density at radius 1 is 0.784 bits per heavy atom. The van der Waals surface area contributed by atoms with E-state index in [0.29, 0.717) is 6.07 Å². The van der Waals surface area contributed by atoms with Gasteiger partial charge in [-0.1, -0.05) is 36.4 Å². The summed E-state index contributed by atoms with van der Waals surface area (Å²) >= 11 is 0.966. The summed E-state index contributed by atoms with van der Waals surface area (Å²) in [5.74, 6) is -8.17.